The van der Waals surface area contributed by atoms with E-state index >= 15 is 0 Å². The summed E-state index contributed by atoms with van der Waals surface area (Å²) < 4.78 is 16.2. The first-order valence-corrected chi connectivity index (χ1v) is 9.05. The van der Waals surface area contributed by atoms with Gasteiger partial charge in [-0.15, -0.1) is 0 Å². The minimum atomic E-state index is -1.29. The fourth-order valence-electron chi connectivity index (χ4n) is 4.48. The van der Waals surface area contributed by atoms with E-state index in [-0.39, 0.29) is 11.7 Å². The van der Waals surface area contributed by atoms with E-state index < -0.39 is 5.66 Å². The van der Waals surface area contributed by atoms with Crippen molar-refractivity contribution >= 4 is 28.3 Å². The second-order valence-electron chi connectivity index (χ2n) is 7.17. The SMILES string of the molecule is CN1C(=O)[C@]2(Nc3ccccc3-c3nc4ccccc4n32)c2cc(F)ccc21. The standard InChI is InChI=1S/C22H15FN4O/c1-26-18-11-10-13(23)12-15(18)22(21(26)28)25-16-7-3-2-6-14(16)20-24-17-8-4-5-9-19(17)27(20)22/h2-12,25H,1H3/t22-/m0/s1. The highest BCUT2D eigenvalue weighted by molar-refractivity contribution is 6.11. The van der Waals surface area contributed by atoms with Gasteiger partial charge in [-0.1, -0.05) is 24.3 Å². The van der Waals surface area contributed by atoms with Crippen molar-refractivity contribution in [2.45, 2.75) is 5.66 Å². The first-order chi connectivity index (χ1) is 13.6. The molecule has 2 aliphatic rings. The number of amides is 1. The third kappa shape index (κ3) is 1.66. The fourth-order valence-corrected chi connectivity index (χ4v) is 4.48. The van der Waals surface area contributed by atoms with E-state index in [0.717, 1.165) is 22.3 Å². The van der Waals surface area contributed by atoms with Crippen LogP contribution < -0.4 is 10.2 Å². The van der Waals surface area contributed by atoms with Crippen LogP contribution in [0.25, 0.3) is 22.4 Å². The summed E-state index contributed by atoms with van der Waals surface area (Å²) in [5.41, 5.74) is 3.29. The second kappa shape index (κ2) is 4.98. The van der Waals surface area contributed by atoms with Gasteiger partial charge in [0.2, 0.25) is 5.66 Å². The Balaban J connectivity index is 1.81. The Kier molecular flexibility index (Phi) is 2.74. The summed E-state index contributed by atoms with van der Waals surface area (Å²) >= 11 is 0. The van der Waals surface area contributed by atoms with Gasteiger partial charge >= 0.3 is 0 Å². The molecule has 3 heterocycles. The van der Waals surface area contributed by atoms with E-state index in [1.165, 1.54) is 12.1 Å². The summed E-state index contributed by atoms with van der Waals surface area (Å²) in [7, 11) is 1.72. The molecule has 5 nitrogen and oxygen atoms in total. The molecule has 1 amide bonds. The molecule has 1 atom stereocenters. The minimum Gasteiger partial charge on any atom is -0.350 e. The van der Waals surface area contributed by atoms with Crippen LogP contribution >= 0.6 is 0 Å². The maximum atomic E-state index is 14.3. The molecule has 3 aromatic carbocycles. The van der Waals surface area contributed by atoms with Gasteiger partial charge in [-0.25, -0.2) is 9.37 Å². The Bertz CT molecular complexity index is 1310. The molecular formula is C22H15FN4O. The van der Waals surface area contributed by atoms with Crippen molar-refractivity contribution in [2.24, 2.45) is 0 Å². The maximum absolute atomic E-state index is 14.3. The van der Waals surface area contributed by atoms with E-state index in [2.05, 4.69) is 5.32 Å². The molecule has 0 radical (unpaired) electrons. The van der Waals surface area contributed by atoms with Crippen LogP contribution in [0.15, 0.2) is 66.7 Å². The van der Waals surface area contributed by atoms with Gasteiger partial charge < -0.3 is 10.2 Å². The molecule has 1 N–H and O–H groups in total. The lowest BCUT2D eigenvalue weighted by Gasteiger charge is -2.38. The lowest BCUT2D eigenvalue weighted by molar-refractivity contribution is -0.122. The number of anilines is 2. The average Bonchev–Trinajstić information content (AvgIpc) is 3.20. The Morgan fingerprint density at radius 1 is 1.04 bits per heavy atom. The fraction of sp³-hybridized carbons (Fsp3) is 0.0909. The molecule has 1 spiro atoms. The van der Waals surface area contributed by atoms with Crippen LogP contribution in [-0.4, -0.2) is 22.5 Å². The number of halogens is 1. The zero-order chi connectivity index (χ0) is 19.0. The Hall–Kier alpha value is -3.67. The van der Waals surface area contributed by atoms with Gasteiger partial charge in [0.1, 0.15) is 11.6 Å². The van der Waals surface area contributed by atoms with Gasteiger partial charge in [0.15, 0.2) is 0 Å². The average molecular weight is 370 g/mol. The quantitative estimate of drug-likeness (QED) is 0.510. The summed E-state index contributed by atoms with van der Waals surface area (Å²) in [5.74, 6) is 0.134. The molecule has 28 heavy (non-hydrogen) atoms. The van der Waals surface area contributed by atoms with Crippen LogP contribution in [0, 0.1) is 5.82 Å². The van der Waals surface area contributed by atoms with Crippen molar-refractivity contribution in [2.75, 3.05) is 17.3 Å². The number of hydrogen-bond acceptors (Lipinski definition) is 3. The molecule has 0 bridgehead atoms. The number of benzene rings is 3. The van der Waals surface area contributed by atoms with Gasteiger partial charge in [0.05, 0.1) is 16.7 Å². The molecule has 136 valence electrons. The molecule has 0 unspecified atom stereocenters. The van der Waals surface area contributed by atoms with Crippen LogP contribution in [-0.2, 0) is 10.5 Å². The number of likely N-dealkylation sites (N-methyl/N-ethyl adjacent to an activating group) is 1. The number of carbonyl (C=O) groups is 1. The second-order valence-corrected chi connectivity index (χ2v) is 7.17. The number of imidazole rings is 1. The molecule has 1 aromatic heterocycles. The minimum absolute atomic E-state index is 0.174. The van der Waals surface area contributed by atoms with Gasteiger partial charge in [-0.2, -0.15) is 0 Å². The highest BCUT2D eigenvalue weighted by atomic mass is 19.1. The third-order valence-corrected chi connectivity index (χ3v) is 5.70. The number of nitrogens with one attached hydrogen (secondary N) is 1. The highest BCUT2D eigenvalue weighted by Gasteiger charge is 2.55. The topological polar surface area (TPSA) is 50.2 Å². The number of hydrogen-bond donors (Lipinski definition) is 1. The van der Waals surface area contributed by atoms with Gasteiger partial charge in [-0.3, -0.25) is 9.36 Å². The predicted molar refractivity (Wildman–Crippen MR) is 106 cm³/mol. The van der Waals surface area contributed by atoms with E-state index in [9.17, 15) is 9.18 Å². The van der Waals surface area contributed by atoms with Crippen molar-refractivity contribution < 1.29 is 9.18 Å². The van der Waals surface area contributed by atoms with Gasteiger partial charge in [0, 0.05) is 23.9 Å². The smallest absolute Gasteiger partial charge is 0.278 e. The van der Waals surface area contributed by atoms with Crippen LogP contribution in [0.2, 0.25) is 0 Å². The Morgan fingerprint density at radius 2 is 1.82 bits per heavy atom. The molecule has 6 rings (SSSR count). The molecule has 0 fully saturated rings. The molecular weight excluding hydrogens is 355 g/mol. The molecule has 2 aliphatic heterocycles. The summed E-state index contributed by atoms with van der Waals surface area (Å²) in [6, 6.07) is 19.9. The van der Waals surface area contributed by atoms with E-state index in [1.807, 2.05) is 53.1 Å². The van der Waals surface area contributed by atoms with Crippen LogP contribution in [0.3, 0.4) is 0 Å². The lowest BCUT2D eigenvalue weighted by Crippen LogP contribution is -2.52. The Morgan fingerprint density at radius 3 is 2.71 bits per heavy atom. The van der Waals surface area contributed by atoms with E-state index in [1.54, 1.807) is 18.0 Å². The number of aromatic nitrogens is 2. The summed E-state index contributed by atoms with van der Waals surface area (Å²) in [6.07, 6.45) is 0. The van der Waals surface area contributed by atoms with Crippen molar-refractivity contribution in [1.82, 2.24) is 9.55 Å². The van der Waals surface area contributed by atoms with E-state index in [0.29, 0.717) is 17.1 Å². The van der Waals surface area contributed by atoms with Crippen molar-refractivity contribution in [1.29, 1.82) is 0 Å². The number of carbonyl (C=O) groups excluding carboxylic acids is 1. The third-order valence-electron chi connectivity index (χ3n) is 5.70. The first-order valence-electron chi connectivity index (χ1n) is 9.05. The summed E-state index contributed by atoms with van der Waals surface area (Å²) in [4.78, 5) is 20.1. The molecule has 4 aromatic rings. The Labute approximate surface area is 160 Å². The zero-order valence-corrected chi connectivity index (χ0v) is 15.0. The number of fused-ring (bicyclic) bond motifs is 8. The van der Waals surface area contributed by atoms with Gasteiger partial charge in [-0.05, 0) is 42.5 Å². The maximum Gasteiger partial charge on any atom is 0.278 e. The van der Waals surface area contributed by atoms with Gasteiger partial charge in [0.25, 0.3) is 5.91 Å². The van der Waals surface area contributed by atoms with Crippen molar-refractivity contribution in [3.05, 3.63) is 78.1 Å². The normalized spacial score (nSPS) is 19.5. The predicted octanol–water partition coefficient (Wildman–Crippen LogP) is 3.95. The highest BCUT2D eigenvalue weighted by Crippen LogP contribution is 2.50. The largest absolute Gasteiger partial charge is 0.350 e. The number of nitrogens with zero attached hydrogens (tertiary/aromatic N) is 3. The summed E-state index contributed by atoms with van der Waals surface area (Å²) in [6.45, 7) is 0. The van der Waals surface area contributed by atoms with E-state index in [4.69, 9.17) is 4.98 Å². The number of rotatable bonds is 0. The molecule has 6 heteroatoms. The van der Waals surface area contributed by atoms with Crippen molar-refractivity contribution in [3.63, 3.8) is 0 Å². The number of para-hydroxylation sites is 3. The van der Waals surface area contributed by atoms with Crippen LogP contribution in [0.1, 0.15) is 5.56 Å². The molecule has 0 saturated heterocycles. The molecule has 0 saturated carbocycles. The lowest BCUT2D eigenvalue weighted by atomic mass is 9.95. The monoisotopic (exact) mass is 370 g/mol. The first kappa shape index (κ1) is 15.4. The van der Waals surface area contributed by atoms with Crippen LogP contribution in [0.5, 0.6) is 0 Å². The summed E-state index contributed by atoms with van der Waals surface area (Å²) in [5, 5.41) is 3.44. The van der Waals surface area contributed by atoms with Crippen molar-refractivity contribution in [3.8, 4) is 11.4 Å². The zero-order valence-electron chi connectivity index (χ0n) is 15.0. The molecule has 0 aliphatic carbocycles. The van der Waals surface area contributed by atoms with Crippen LogP contribution in [0.4, 0.5) is 15.8 Å².